The Kier molecular flexibility index (Phi) is 3.51. The summed E-state index contributed by atoms with van der Waals surface area (Å²) in [5.41, 5.74) is 2.46. The van der Waals surface area contributed by atoms with Crippen LogP contribution in [0.1, 0.15) is 25.3 Å². The summed E-state index contributed by atoms with van der Waals surface area (Å²) in [7, 11) is 2.67. The zero-order valence-corrected chi connectivity index (χ0v) is 8.03. The van der Waals surface area contributed by atoms with Crippen molar-refractivity contribution in [2.45, 2.75) is 26.2 Å². The molecule has 0 amide bonds. The van der Waals surface area contributed by atoms with Gasteiger partial charge in [0, 0.05) is 6.20 Å². The van der Waals surface area contributed by atoms with Gasteiger partial charge < -0.3 is 0 Å². The summed E-state index contributed by atoms with van der Waals surface area (Å²) in [6.07, 6.45) is 5.49. The van der Waals surface area contributed by atoms with Crippen molar-refractivity contribution in [1.29, 1.82) is 0 Å². The lowest BCUT2D eigenvalue weighted by atomic mass is 10.1. The molecule has 0 radical (unpaired) electrons. The van der Waals surface area contributed by atoms with Gasteiger partial charge >= 0.3 is 0 Å². The monoisotopic (exact) mass is 167 g/mol. The van der Waals surface area contributed by atoms with Gasteiger partial charge in [-0.1, -0.05) is 28.7 Å². The Morgan fingerprint density at radius 3 is 3.00 bits per heavy atom. The van der Waals surface area contributed by atoms with Crippen LogP contribution in [0.4, 0.5) is 0 Å². The number of unbranched alkanes of at least 4 members (excludes halogenated alkanes) is 1. The Morgan fingerprint density at radius 1 is 1.55 bits per heavy atom. The molecular formula is C9H14NP. The molecule has 1 aromatic heterocycles. The third-order valence-corrected chi connectivity index (χ3v) is 2.25. The highest BCUT2D eigenvalue weighted by Gasteiger charge is 1.95. The zero-order chi connectivity index (χ0) is 8.10. The Hall–Kier alpha value is -0.420. The van der Waals surface area contributed by atoms with Gasteiger partial charge in [-0.3, -0.25) is 4.98 Å². The zero-order valence-electron chi connectivity index (χ0n) is 6.88. The van der Waals surface area contributed by atoms with E-state index in [9.17, 15) is 0 Å². The highest BCUT2D eigenvalue weighted by molar-refractivity contribution is 7.27. The number of rotatable bonds is 3. The number of pyridine rings is 1. The van der Waals surface area contributed by atoms with Crippen molar-refractivity contribution in [2.24, 2.45) is 0 Å². The lowest BCUT2D eigenvalue weighted by molar-refractivity contribution is 0.796. The molecule has 1 rings (SSSR count). The standard InChI is InChI=1S/C9H14NP/c1-2-3-5-8-6-4-7-10-9(8)11/h4,6-7H,2-3,5,11H2,1H3. The third-order valence-electron chi connectivity index (χ3n) is 1.73. The van der Waals surface area contributed by atoms with E-state index in [2.05, 4.69) is 27.2 Å². The largest absolute Gasteiger partial charge is 0.257 e. The van der Waals surface area contributed by atoms with Crippen LogP contribution in [0.15, 0.2) is 18.3 Å². The van der Waals surface area contributed by atoms with Crippen LogP contribution in [-0.4, -0.2) is 4.98 Å². The topological polar surface area (TPSA) is 12.9 Å². The molecule has 1 atom stereocenters. The molecule has 0 saturated heterocycles. The summed E-state index contributed by atoms with van der Waals surface area (Å²) < 4.78 is 0. The van der Waals surface area contributed by atoms with Gasteiger partial charge in [-0.25, -0.2) is 0 Å². The van der Waals surface area contributed by atoms with Crippen molar-refractivity contribution in [3.8, 4) is 0 Å². The van der Waals surface area contributed by atoms with E-state index in [1.54, 1.807) is 0 Å². The summed E-state index contributed by atoms with van der Waals surface area (Å²) in [6.45, 7) is 2.21. The lowest BCUT2D eigenvalue weighted by Crippen LogP contribution is -2.04. The van der Waals surface area contributed by atoms with Crippen LogP contribution in [-0.2, 0) is 6.42 Å². The molecule has 0 aliphatic carbocycles. The van der Waals surface area contributed by atoms with Crippen LogP contribution in [0.5, 0.6) is 0 Å². The average Bonchev–Trinajstić information content (AvgIpc) is 2.03. The van der Waals surface area contributed by atoms with Crippen molar-refractivity contribution < 1.29 is 0 Å². The Labute approximate surface area is 70.4 Å². The summed E-state index contributed by atoms with van der Waals surface area (Å²) >= 11 is 0. The van der Waals surface area contributed by atoms with Crippen molar-refractivity contribution in [3.05, 3.63) is 23.9 Å². The fourth-order valence-corrected chi connectivity index (χ4v) is 1.36. The molecule has 1 nitrogen and oxygen atoms in total. The first-order valence-corrected chi connectivity index (χ1v) is 4.61. The minimum Gasteiger partial charge on any atom is -0.257 e. The molecule has 0 saturated carbocycles. The van der Waals surface area contributed by atoms with Gasteiger partial charge in [0.05, 0.1) is 5.44 Å². The second-order valence-corrected chi connectivity index (χ2v) is 3.20. The predicted molar refractivity (Wildman–Crippen MR) is 52.2 cm³/mol. The molecule has 0 bridgehead atoms. The Bertz CT molecular complexity index is 223. The van der Waals surface area contributed by atoms with Gasteiger partial charge in [0.25, 0.3) is 0 Å². The highest BCUT2D eigenvalue weighted by Crippen LogP contribution is 2.02. The molecule has 1 heterocycles. The molecule has 0 fully saturated rings. The fourth-order valence-electron chi connectivity index (χ4n) is 1.03. The first kappa shape index (κ1) is 8.67. The van der Waals surface area contributed by atoms with Crippen molar-refractivity contribution in [2.75, 3.05) is 0 Å². The lowest BCUT2D eigenvalue weighted by Gasteiger charge is -2.01. The van der Waals surface area contributed by atoms with Crippen LogP contribution in [0.2, 0.25) is 0 Å². The molecule has 0 aromatic carbocycles. The van der Waals surface area contributed by atoms with Crippen LogP contribution >= 0.6 is 9.24 Å². The molecular weight excluding hydrogens is 153 g/mol. The minimum atomic E-state index is 1.10. The Balaban J connectivity index is 2.62. The van der Waals surface area contributed by atoms with E-state index in [0.717, 1.165) is 11.9 Å². The summed E-state index contributed by atoms with van der Waals surface area (Å²) in [6, 6.07) is 4.14. The maximum absolute atomic E-state index is 4.19. The average molecular weight is 167 g/mol. The Morgan fingerprint density at radius 2 is 2.36 bits per heavy atom. The van der Waals surface area contributed by atoms with E-state index >= 15 is 0 Å². The summed E-state index contributed by atoms with van der Waals surface area (Å²) in [5, 5.41) is 0. The fraction of sp³-hybridized carbons (Fsp3) is 0.444. The number of hydrogen-bond donors (Lipinski definition) is 0. The SMILES string of the molecule is CCCCc1cccnc1P. The highest BCUT2D eigenvalue weighted by atomic mass is 31.0. The second-order valence-electron chi connectivity index (χ2n) is 2.65. The van der Waals surface area contributed by atoms with Crippen LogP contribution < -0.4 is 5.44 Å². The molecule has 1 unspecified atom stereocenters. The molecule has 11 heavy (non-hydrogen) atoms. The van der Waals surface area contributed by atoms with Crippen LogP contribution in [0, 0.1) is 0 Å². The van der Waals surface area contributed by atoms with Crippen molar-refractivity contribution >= 4 is 14.7 Å². The first-order chi connectivity index (χ1) is 5.34. The predicted octanol–water partition coefficient (Wildman–Crippen LogP) is 1.92. The maximum atomic E-state index is 4.19. The van der Waals surface area contributed by atoms with Gasteiger partial charge in [-0.15, -0.1) is 0 Å². The molecule has 0 aliphatic rings. The number of aromatic nitrogens is 1. The van der Waals surface area contributed by atoms with Crippen molar-refractivity contribution in [1.82, 2.24) is 4.98 Å². The van der Waals surface area contributed by atoms with Crippen LogP contribution in [0.25, 0.3) is 0 Å². The molecule has 0 N–H and O–H groups in total. The molecule has 2 heteroatoms. The van der Waals surface area contributed by atoms with Gasteiger partial charge in [0.15, 0.2) is 0 Å². The molecule has 60 valence electrons. The normalized spacial score (nSPS) is 10.0. The van der Waals surface area contributed by atoms with E-state index < -0.39 is 0 Å². The third kappa shape index (κ3) is 2.59. The van der Waals surface area contributed by atoms with E-state index in [0.29, 0.717) is 0 Å². The number of nitrogens with zero attached hydrogens (tertiary/aromatic N) is 1. The van der Waals surface area contributed by atoms with E-state index in [1.807, 2.05) is 12.3 Å². The van der Waals surface area contributed by atoms with Gasteiger partial charge in [-0.2, -0.15) is 0 Å². The summed E-state index contributed by atoms with van der Waals surface area (Å²) in [5.74, 6) is 0. The van der Waals surface area contributed by atoms with Gasteiger partial charge in [-0.05, 0) is 24.5 Å². The van der Waals surface area contributed by atoms with Gasteiger partial charge in [0.2, 0.25) is 0 Å². The maximum Gasteiger partial charge on any atom is 0.0600 e. The molecule has 0 spiro atoms. The van der Waals surface area contributed by atoms with Crippen molar-refractivity contribution in [3.63, 3.8) is 0 Å². The minimum absolute atomic E-state index is 1.10. The summed E-state index contributed by atoms with van der Waals surface area (Å²) in [4.78, 5) is 4.19. The molecule has 1 aromatic rings. The first-order valence-electron chi connectivity index (χ1n) is 4.04. The van der Waals surface area contributed by atoms with E-state index in [-0.39, 0.29) is 0 Å². The number of hydrogen-bond acceptors (Lipinski definition) is 1. The smallest absolute Gasteiger partial charge is 0.0600 e. The second kappa shape index (κ2) is 4.46. The van der Waals surface area contributed by atoms with Gasteiger partial charge in [0.1, 0.15) is 0 Å². The quantitative estimate of drug-likeness (QED) is 0.627. The number of aryl methyl sites for hydroxylation is 1. The molecule has 0 aliphatic heterocycles. The van der Waals surface area contributed by atoms with Crippen LogP contribution in [0.3, 0.4) is 0 Å². The van der Waals surface area contributed by atoms with E-state index in [4.69, 9.17) is 0 Å². The van der Waals surface area contributed by atoms with E-state index in [1.165, 1.54) is 18.4 Å².